The fourth-order valence-corrected chi connectivity index (χ4v) is 4.00. The van der Waals surface area contributed by atoms with Crippen molar-refractivity contribution in [1.29, 1.82) is 0 Å². The number of carbonyl (C=O) groups is 2. The number of piperazine rings is 1. The zero-order valence-electron chi connectivity index (χ0n) is 21.0. The number of carbonyl (C=O) groups excluding carboxylic acids is 2. The fourth-order valence-electron chi connectivity index (χ4n) is 4.00. The number of aromatic nitrogens is 2. The van der Waals surface area contributed by atoms with Crippen molar-refractivity contribution in [2.45, 2.75) is 45.8 Å². The van der Waals surface area contributed by atoms with Gasteiger partial charge in [-0.15, -0.1) is 0 Å². The summed E-state index contributed by atoms with van der Waals surface area (Å²) in [6, 6.07) is 15.0. The number of nitrogens with zero attached hydrogens (tertiary/aromatic N) is 3. The minimum absolute atomic E-state index is 0.0461. The third kappa shape index (κ3) is 6.41. The van der Waals surface area contributed by atoms with Gasteiger partial charge in [-0.25, -0.2) is 9.78 Å². The third-order valence-electron chi connectivity index (χ3n) is 5.85. The standard InChI is InChI=1S/C27H32N4O5/c1-27(2,3)36-26(34)31-16-14-30(15-17-31)23(32)13-12-22-28-24-20(25(33)29-22)10-7-11-21(24)35-18-19-8-5-4-6-9-19/h4-11H,12-18H2,1-3H3,(H,28,29,33). The van der Waals surface area contributed by atoms with Gasteiger partial charge >= 0.3 is 6.09 Å². The molecule has 0 unspecified atom stereocenters. The first-order chi connectivity index (χ1) is 17.2. The number of aromatic amines is 1. The first-order valence-corrected chi connectivity index (χ1v) is 12.1. The number of hydrogen-bond donors (Lipinski definition) is 1. The van der Waals surface area contributed by atoms with Crippen molar-refractivity contribution in [1.82, 2.24) is 19.8 Å². The van der Waals surface area contributed by atoms with E-state index in [9.17, 15) is 14.4 Å². The lowest BCUT2D eigenvalue weighted by Crippen LogP contribution is -2.51. The molecule has 0 bridgehead atoms. The van der Waals surface area contributed by atoms with E-state index in [-0.39, 0.29) is 24.0 Å². The Balaban J connectivity index is 1.37. The highest BCUT2D eigenvalue weighted by atomic mass is 16.6. The molecule has 0 atom stereocenters. The summed E-state index contributed by atoms with van der Waals surface area (Å²) < 4.78 is 11.4. The van der Waals surface area contributed by atoms with E-state index in [4.69, 9.17) is 9.47 Å². The van der Waals surface area contributed by atoms with E-state index in [1.54, 1.807) is 28.0 Å². The van der Waals surface area contributed by atoms with Crippen molar-refractivity contribution in [3.8, 4) is 5.75 Å². The van der Waals surface area contributed by atoms with Crippen LogP contribution < -0.4 is 10.3 Å². The first-order valence-electron chi connectivity index (χ1n) is 12.1. The number of para-hydroxylation sites is 1. The number of rotatable bonds is 6. The molecule has 9 heteroatoms. The van der Waals surface area contributed by atoms with Crippen molar-refractivity contribution < 1.29 is 19.1 Å². The number of amides is 2. The minimum atomic E-state index is -0.555. The third-order valence-corrected chi connectivity index (χ3v) is 5.85. The normalized spacial score (nSPS) is 14.1. The number of ether oxygens (including phenoxy) is 2. The van der Waals surface area contributed by atoms with Crippen molar-refractivity contribution in [2.75, 3.05) is 26.2 Å². The SMILES string of the molecule is CC(C)(C)OC(=O)N1CCN(C(=O)CCc2nc3c(OCc4ccccc4)cccc3c(=O)[nH]2)CC1. The molecule has 1 fully saturated rings. The molecule has 2 aromatic carbocycles. The zero-order chi connectivity index (χ0) is 25.7. The molecule has 2 heterocycles. The highest BCUT2D eigenvalue weighted by molar-refractivity contribution is 5.83. The van der Waals surface area contributed by atoms with Crippen molar-refractivity contribution in [3.05, 3.63) is 70.3 Å². The lowest BCUT2D eigenvalue weighted by Gasteiger charge is -2.35. The number of fused-ring (bicyclic) bond motifs is 1. The summed E-state index contributed by atoms with van der Waals surface area (Å²) in [6.45, 7) is 7.57. The van der Waals surface area contributed by atoms with Gasteiger partial charge in [0.25, 0.3) is 5.56 Å². The molecule has 1 saturated heterocycles. The van der Waals surface area contributed by atoms with Gasteiger partial charge in [-0.1, -0.05) is 36.4 Å². The van der Waals surface area contributed by atoms with Crippen LogP contribution in [0.2, 0.25) is 0 Å². The zero-order valence-corrected chi connectivity index (χ0v) is 21.0. The molecular weight excluding hydrogens is 460 g/mol. The molecule has 4 rings (SSSR count). The van der Waals surface area contributed by atoms with E-state index in [0.29, 0.717) is 61.7 Å². The van der Waals surface area contributed by atoms with Crippen LogP contribution >= 0.6 is 0 Å². The van der Waals surface area contributed by atoms with E-state index in [1.165, 1.54) is 0 Å². The fraction of sp³-hybridized carbons (Fsp3) is 0.407. The lowest BCUT2D eigenvalue weighted by atomic mass is 10.2. The molecule has 1 N–H and O–H groups in total. The van der Waals surface area contributed by atoms with Gasteiger partial charge in [0.05, 0.1) is 5.39 Å². The average molecular weight is 493 g/mol. The Morgan fingerprint density at radius 1 is 0.972 bits per heavy atom. The molecule has 190 valence electrons. The van der Waals surface area contributed by atoms with Gasteiger partial charge in [0.2, 0.25) is 5.91 Å². The van der Waals surface area contributed by atoms with Gasteiger partial charge in [0, 0.05) is 39.0 Å². The number of H-pyrrole nitrogens is 1. The Morgan fingerprint density at radius 3 is 2.36 bits per heavy atom. The molecule has 36 heavy (non-hydrogen) atoms. The number of benzene rings is 2. The molecule has 0 saturated carbocycles. The van der Waals surface area contributed by atoms with Crippen LogP contribution in [0.15, 0.2) is 53.3 Å². The van der Waals surface area contributed by atoms with Gasteiger partial charge in [0.1, 0.15) is 29.3 Å². The van der Waals surface area contributed by atoms with E-state index >= 15 is 0 Å². The minimum Gasteiger partial charge on any atom is -0.487 e. The largest absolute Gasteiger partial charge is 0.487 e. The summed E-state index contributed by atoms with van der Waals surface area (Å²) in [5.74, 6) is 0.910. The van der Waals surface area contributed by atoms with Crippen LogP contribution in [-0.2, 0) is 22.6 Å². The molecule has 9 nitrogen and oxygen atoms in total. The van der Waals surface area contributed by atoms with Crippen molar-refractivity contribution >= 4 is 22.9 Å². The van der Waals surface area contributed by atoms with Gasteiger partial charge in [-0.3, -0.25) is 9.59 Å². The molecule has 2 amide bonds. The maximum atomic E-state index is 12.8. The summed E-state index contributed by atoms with van der Waals surface area (Å²) in [7, 11) is 0. The highest BCUT2D eigenvalue weighted by Crippen LogP contribution is 2.23. The maximum absolute atomic E-state index is 12.8. The predicted octanol–water partition coefficient (Wildman–Crippen LogP) is 3.51. The van der Waals surface area contributed by atoms with Crippen LogP contribution in [0.3, 0.4) is 0 Å². The lowest BCUT2D eigenvalue weighted by molar-refractivity contribution is -0.132. The summed E-state index contributed by atoms with van der Waals surface area (Å²) in [6.07, 6.45) is 0.134. The van der Waals surface area contributed by atoms with Crippen LogP contribution in [0, 0.1) is 0 Å². The van der Waals surface area contributed by atoms with Gasteiger partial charge in [-0.05, 0) is 38.5 Å². The van der Waals surface area contributed by atoms with Crippen LogP contribution in [0.25, 0.3) is 10.9 Å². The topological polar surface area (TPSA) is 105 Å². The Hall–Kier alpha value is -3.88. The van der Waals surface area contributed by atoms with Crippen LogP contribution in [0.1, 0.15) is 38.6 Å². The Morgan fingerprint density at radius 2 is 1.67 bits per heavy atom. The Bertz CT molecular complexity index is 1270. The quantitative estimate of drug-likeness (QED) is 0.565. The van der Waals surface area contributed by atoms with Gasteiger partial charge in [-0.2, -0.15) is 0 Å². The predicted molar refractivity (Wildman–Crippen MR) is 136 cm³/mol. The molecule has 1 aromatic heterocycles. The summed E-state index contributed by atoms with van der Waals surface area (Å²) in [4.78, 5) is 48.5. The van der Waals surface area contributed by atoms with E-state index in [0.717, 1.165) is 5.56 Å². The maximum Gasteiger partial charge on any atom is 0.410 e. The van der Waals surface area contributed by atoms with Crippen LogP contribution in [0.4, 0.5) is 4.79 Å². The summed E-state index contributed by atoms with van der Waals surface area (Å²) in [5.41, 5.74) is 0.668. The smallest absolute Gasteiger partial charge is 0.410 e. The molecule has 0 aliphatic carbocycles. The van der Waals surface area contributed by atoms with Gasteiger partial charge < -0.3 is 24.3 Å². The van der Waals surface area contributed by atoms with Crippen molar-refractivity contribution in [3.63, 3.8) is 0 Å². The molecule has 1 aliphatic heterocycles. The Labute approximate surface area is 210 Å². The molecule has 3 aromatic rings. The van der Waals surface area contributed by atoms with E-state index in [2.05, 4.69) is 9.97 Å². The molecule has 0 spiro atoms. The summed E-state index contributed by atoms with van der Waals surface area (Å²) >= 11 is 0. The van der Waals surface area contributed by atoms with E-state index < -0.39 is 5.60 Å². The van der Waals surface area contributed by atoms with E-state index in [1.807, 2.05) is 51.1 Å². The van der Waals surface area contributed by atoms with Gasteiger partial charge in [0.15, 0.2) is 0 Å². The second-order valence-electron chi connectivity index (χ2n) is 9.79. The van der Waals surface area contributed by atoms with Crippen LogP contribution in [-0.4, -0.2) is 63.5 Å². The number of hydrogen-bond acceptors (Lipinski definition) is 6. The monoisotopic (exact) mass is 492 g/mol. The highest BCUT2D eigenvalue weighted by Gasteiger charge is 2.27. The second kappa shape index (κ2) is 10.8. The molecule has 1 aliphatic rings. The summed E-state index contributed by atoms with van der Waals surface area (Å²) in [5, 5.41) is 0.439. The Kier molecular flexibility index (Phi) is 7.57. The number of aryl methyl sites for hydroxylation is 1. The number of nitrogens with one attached hydrogen (secondary N) is 1. The van der Waals surface area contributed by atoms with Crippen LogP contribution in [0.5, 0.6) is 5.75 Å². The van der Waals surface area contributed by atoms with Crippen molar-refractivity contribution in [2.24, 2.45) is 0 Å². The average Bonchev–Trinajstić information content (AvgIpc) is 2.86. The second-order valence-corrected chi connectivity index (χ2v) is 9.79. The first kappa shape index (κ1) is 25.2. The molecular formula is C27H32N4O5. The molecule has 0 radical (unpaired) electrons.